The van der Waals surface area contributed by atoms with Crippen LogP contribution in [0.1, 0.15) is 158 Å². The van der Waals surface area contributed by atoms with E-state index in [-0.39, 0.29) is 5.97 Å². The summed E-state index contributed by atoms with van der Waals surface area (Å²) in [6.45, 7) is 2.29. The zero-order chi connectivity index (χ0) is 28.5. The number of rotatable bonds is 15. The molecular weight excluding hydrogens is 500 g/mol. The fourth-order valence-electron chi connectivity index (χ4n) is 6.95. The molecule has 0 saturated heterocycles. The van der Waals surface area contributed by atoms with E-state index in [2.05, 4.69) is 43.0 Å². The molecule has 41 heavy (non-hydrogen) atoms. The Morgan fingerprint density at radius 2 is 1.20 bits per heavy atom. The van der Waals surface area contributed by atoms with E-state index in [4.69, 9.17) is 4.74 Å². The van der Waals surface area contributed by atoms with Gasteiger partial charge in [-0.05, 0) is 91.8 Å². The van der Waals surface area contributed by atoms with Gasteiger partial charge in [0.05, 0.1) is 0 Å². The van der Waals surface area contributed by atoms with Crippen LogP contribution in [-0.4, -0.2) is 5.97 Å². The number of ether oxygens (including phenoxy) is 1. The van der Waals surface area contributed by atoms with Gasteiger partial charge in [0.15, 0.2) is 0 Å². The summed E-state index contributed by atoms with van der Waals surface area (Å²) < 4.78 is 5.54. The number of unbranched alkanes of at least 4 members (excludes halogenated alkanes) is 7. The third-order valence-electron chi connectivity index (χ3n) is 9.60. The molecule has 0 aliphatic heterocycles. The zero-order valence-electron chi connectivity index (χ0n) is 25.8. The van der Waals surface area contributed by atoms with Crippen LogP contribution < -0.4 is 4.74 Å². The van der Waals surface area contributed by atoms with Gasteiger partial charge in [0.1, 0.15) is 5.75 Å². The third-order valence-corrected chi connectivity index (χ3v) is 9.60. The summed E-state index contributed by atoms with van der Waals surface area (Å²) in [6, 6.07) is 16.5. The molecular formula is C39H54O2. The van der Waals surface area contributed by atoms with Crippen LogP contribution >= 0.6 is 0 Å². The highest BCUT2D eigenvalue weighted by Crippen LogP contribution is 2.38. The monoisotopic (exact) mass is 554 g/mol. The van der Waals surface area contributed by atoms with Gasteiger partial charge in [-0.15, -0.1) is 0 Å². The molecule has 0 N–H and O–H groups in total. The average Bonchev–Trinajstić information content (AvgIpc) is 3.53. The number of hydrogen-bond donors (Lipinski definition) is 0. The summed E-state index contributed by atoms with van der Waals surface area (Å²) in [4.78, 5) is 12.2. The van der Waals surface area contributed by atoms with Crippen LogP contribution in [0.25, 0.3) is 0 Å². The molecule has 0 unspecified atom stereocenters. The molecule has 222 valence electrons. The standard InChI is InChI=1S/C39H54O2/c1-2-3-4-5-8-14-33-20-26-36(27-21-33)37-28-22-34(23-29-37)18-19-35-24-30-38(31-25-35)41-39(40)17-10-7-6-9-13-32-15-11-12-16-32/h22-25,28-33,36H,2-17,20-21,26-27H2,1H3. The highest BCUT2D eigenvalue weighted by Gasteiger charge is 2.22. The van der Waals surface area contributed by atoms with E-state index in [0.717, 1.165) is 35.8 Å². The second-order valence-electron chi connectivity index (χ2n) is 12.9. The number of benzene rings is 2. The van der Waals surface area contributed by atoms with Crippen LogP contribution in [0.4, 0.5) is 0 Å². The van der Waals surface area contributed by atoms with Crippen molar-refractivity contribution in [2.45, 2.75) is 141 Å². The Morgan fingerprint density at radius 1 is 0.659 bits per heavy atom. The Hall–Kier alpha value is -2.53. The molecule has 2 fully saturated rings. The van der Waals surface area contributed by atoms with Crippen molar-refractivity contribution in [3.63, 3.8) is 0 Å². The molecule has 2 aromatic carbocycles. The van der Waals surface area contributed by atoms with Crippen molar-refractivity contribution in [1.82, 2.24) is 0 Å². The molecule has 0 radical (unpaired) electrons. The Labute approximate surface area is 251 Å². The number of carbonyl (C=O) groups is 1. The largest absolute Gasteiger partial charge is 0.427 e. The van der Waals surface area contributed by atoms with Crippen LogP contribution in [0, 0.1) is 23.7 Å². The first-order valence-electron chi connectivity index (χ1n) is 17.1. The lowest BCUT2D eigenvalue weighted by Crippen LogP contribution is -2.13. The maximum atomic E-state index is 12.2. The van der Waals surface area contributed by atoms with Crippen molar-refractivity contribution < 1.29 is 9.53 Å². The van der Waals surface area contributed by atoms with Gasteiger partial charge in [-0.1, -0.05) is 121 Å². The maximum absolute atomic E-state index is 12.2. The highest BCUT2D eigenvalue weighted by atomic mass is 16.5. The highest BCUT2D eigenvalue weighted by molar-refractivity contribution is 5.72. The Balaban J connectivity index is 1.11. The van der Waals surface area contributed by atoms with Gasteiger partial charge in [-0.25, -0.2) is 0 Å². The summed E-state index contributed by atoms with van der Waals surface area (Å²) in [6.07, 6.45) is 26.1. The first kappa shape index (κ1) is 31.4. The first-order valence-corrected chi connectivity index (χ1v) is 17.1. The topological polar surface area (TPSA) is 26.3 Å². The molecule has 4 rings (SSSR count). The Bertz CT molecular complexity index is 1060. The van der Waals surface area contributed by atoms with Crippen LogP contribution in [0.2, 0.25) is 0 Å². The van der Waals surface area contributed by atoms with Crippen molar-refractivity contribution in [1.29, 1.82) is 0 Å². The number of esters is 1. The molecule has 0 amide bonds. The molecule has 2 aliphatic rings. The molecule has 2 aliphatic carbocycles. The fourth-order valence-corrected chi connectivity index (χ4v) is 6.95. The quantitative estimate of drug-likeness (QED) is 0.0947. The van der Waals surface area contributed by atoms with E-state index < -0.39 is 0 Å². The predicted molar refractivity (Wildman–Crippen MR) is 172 cm³/mol. The van der Waals surface area contributed by atoms with Gasteiger partial charge >= 0.3 is 5.97 Å². The van der Waals surface area contributed by atoms with E-state index in [9.17, 15) is 4.79 Å². The first-order chi connectivity index (χ1) is 20.2. The summed E-state index contributed by atoms with van der Waals surface area (Å²) in [7, 11) is 0. The van der Waals surface area contributed by atoms with E-state index in [1.807, 2.05) is 24.3 Å². The maximum Gasteiger partial charge on any atom is 0.311 e. The minimum absolute atomic E-state index is 0.129. The van der Waals surface area contributed by atoms with E-state index in [1.54, 1.807) is 0 Å². The van der Waals surface area contributed by atoms with Crippen molar-refractivity contribution in [3.8, 4) is 17.6 Å². The van der Waals surface area contributed by atoms with Gasteiger partial charge in [0, 0.05) is 17.5 Å². The van der Waals surface area contributed by atoms with Crippen molar-refractivity contribution in [2.24, 2.45) is 11.8 Å². The predicted octanol–water partition coefficient (Wildman–Crippen LogP) is 11.2. The number of hydrogen-bond acceptors (Lipinski definition) is 2. The molecule has 2 aromatic rings. The summed E-state index contributed by atoms with van der Waals surface area (Å²) in [5.41, 5.74) is 3.46. The normalized spacial score (nSPS) is 19.0. The molecule has 2 nitrogen and oxygen atoms in total. The lowest BCUT2D eigenvalue weighted by molar-refractivity contribution is -0.134. The Morgan fingerprint density at radius 3 is 1.80 bits per heavy atom. The second-order valence-corrected chi connectivity index (χ2v) is 12.9. The minimum atomic E-state index is -0.129. The van der Waals surface area contributed by atoms with Crippen LogP contribution in [0.15, 0.2) is 48.5 Å². The molecule has 2 heteroatoms. The van der Waals surface area contributed by atoms with Crippen LogP contribution in [0.5, 0.6) is 5.75 Å². The SMILES string of the molecule is CCCCCCCC1CCC(c2ccc(C#Cc3ccc(OC(=O)CCCCCCC4CCCC4)cc3)cc2)CC1. The van der Waals surface area contributed by atoms with Gasteiger partial charge in [-0.2, -0.15) is 0 Å². The third kappa shape index (κ3) is 11.7. The molecule has 0 aromatic heterocycles. The number of carbonyl (C=O) groups excluding carboxylic acids is 1. The molecule has 0 spiro atoms. The van der Waals surface area contributed by atoms with Crippen LogP contribution in [-0.2, 0) is 4.79 Å². The van der Waals surface area contributed by atoms with E-state index in [1.165, 1.54) is 115 Å². The lowest BCUT2D eigenvalue weighted by Gasteiger charge is -2.29. The summed E-state index contributed by atoms with van der Waals surface area (Å²) >= 11 is 0. The van der Waals surface area contributed by atoms with Gasteiger partial charge in [0.2, 0.25) is 0 Å². The van der Waals surface area contributed by atoms with Gasteiger partial charge in [0.25, 0.3) is 0 Å². The summed E-state index contributed by atoms with van der Waals surface area (Å²) in [5, 5.41) is 0. The average molecular weight is 555 g/mol. The van der Waals surface area contributed by atoms with Crippen molar-refractivity contribution in [2.75, 3.05) is 0 Å². The smallest absolute Gasteiger partial charge is 0.311 e. The Kier molecular flexibility index (Phi) is 13.9. The zero-order valence-corrected chi connectivity index (χ0v) is 25.8. The molecule has 0 heterocycles. The molecule has 0 bridgehead atoms. The lowest BCUT2D eigenvalue weighted by atomic mass is 9.77. The van der Waals surface area contributed by atoms with Crippen LogP contribution in [0.3, 0.4) is 0 Å². The second kappa shape index (κ2) is 18.1. The van der Waals surface area contributed by atoms with Crippen molar-refractivity contribution in [3.05, 3.63) is 65.2 Å². The minimum Gasteiger partial charge on any atom is -0.427 e. The molecule has 0 atom stereocenters. The van der Waals surface area contributed by atoms with Gasteiger partial charge in [-0.3, -0.25) is 4.79 Å². The fraction of sp³-hybridized carbons (Fsp3) is 0.615. The summed E-state index contributed by atoms with van der Waals surface area (Å²) in [5.74, 6) is 9.68. The van der Waals surface area contributed by atoms with E-state index in [0.29, 0.717) is 18.1 Å². The van der Waals surface area contributed by atoms with E-state index >= 15 is 0 Å². The molecule has 2 saturated carbocycles. The van der Waals surface area contributed by atoms with Gasteiger partial charge < -0.3 is 4.74 Å². The van der Waals surface area contributed by atoms with Crippen molar-refractivity contribution >= 4 is 5.97 Å².